The molecule has 138 valence electrons. The van der Waals surface area contributed by atoms with Gasteiger partial charge in [-0.25, -0.2) is 0 Å². The van der Waals surface area contributed by atoms with Gasteiger partial charge in [-0.3, -0.25) is 4.79 Å². The first-order valence-corrected chi connectivity index (χ1v) is 9.01. The molecule has 0 aromatic heterocycles. The summed E-state index contributed by atoms with van der Waals surface area (Å²) >= 11 is 0. The van der Waals surface area contributed by atoms with Gasteiger partial charge in [0.05, 0.1) is 17.6 Å². The molecule has 1 aromatic rings. The molecule has 1 fully saturated rings. The Hall–Kier alpha value is -1.43. The lowest BCUT2D eigenvalue weighted by atomic mass is 9.48. The Kier molecular flexibility index (Phi) is 4.46. The Morgan fingerprint density at radius 3 is 2.60 bits per heavy atom. The molecule has 1 unspecified atom stereocenters. The summed E-state index contributed by atoms with van der Waals surface area (Å²) in [5.74, 6) is -1.25. The van der Waals surface area contributed by atoms with Crippen LogP contribution in [-0.4, -0.2) is 39.1 Å². The number of carboxylic acids is 1. The van der Waals surface area contributed by atoms with Crippen LogP contribution in [0.15, 0.2) is 18.2 Å². The molecule has 3 rings (SSSR count). The standard InChI is InChI=1S/C20H28O5/c1-11(10-21)12-4-5-14-13(8-12)15(22)9-16-19(2,18(24)25)7-6-17(23)20(14,16)3/h4-5,8,11,15-17,21-23H,6-7,9-10H2,1-3H3,(H,24,25)/t11?,15-,16+,17-,19-,20-/m1/s1. The van der Waals surface area contributed by atoms with Crippen LogP contribution in [0.5, 0.6) is 0 Å². The van der Waals surface area contributed by atoms with Gasteiger partial charge in [0.1, 0.15) is 0 Å². The van der Waals surface area contributed by atoms with Crippen molar-refractivity contribution in [1.82, 2.24) is 0 Å². The third-order valence-corrected chi connectivity index (χ3v) is 6.93. The molecule has 1 aromatic carbocycles. The number of aliphatic hydroxyl groups is 3. The lowest BCUT2D eigenvalue weighted by Gasteiger charge is -2.56. The topological polar surface area (TPSA) is 98.0 Å². The summed E-state index contributed by atoms with van der Waals surface area (Å²) in [4.78, 5) is 12.0. The minimum atomic E-state index is -0.969. The predicted octanol–water partition coefficient (Wildman–Crippen LogP) is 2.34. The fourth-order valence-electron chi connectivity index (χ4n) is 5.04. The zero-order chi connectivity index (χ0) is 18.6. The van der Waals surface area contributed by atoms with Crippen LogP contribution in [0.3, 0.4) is 0 Å². The van der Waals surface area contributed by atoms with E-state index in [4.69, 9.17) is 0 Å². The molecule has 2 aliphatic rings. The Morgan fingerprint density at radius 2 is 2.00 bits per heavy atom. The zero-order valence-electron chi connectivity index (χ0n) is 15.1. The van der Waals surface area contributed by atoms with Gasteiger partial charge in [0.2, 0.25) is 0 Å². The molecule has 0 spiro atoms. The molecule has 5 nitrogen and oxygen atoms in total. The smallest absolute Gasteiger partial charge is 0.309 e. The van der Waals surface area contributed by atoms with E-state index in [9.17, 15) is 25.2 Å². The average Bonchev–Trinajstić information content (AvgIpc) is 2.59. The van der Waals surface area contributed by atoms with Crippen molar-refractivity contribution in [1.29, 1.82) is 0 Å². The minimum Gasteiger partial charge on any atom is -0.481 e. The van der Waals surface area contributed by atoms with E-state index >= 15 is 0 Å². The normalized spacial score (nSPS) is 38.6. The van der Waals surface area contributed by atoms with Crippen LogP contribution < -0.4 is 0 Å². The van der Waals surface area contributed by atoms with Gasteiger partial charge in [0, 0.05) is 17.9 Å². The van der Waals surface area contributed by atoms with Crippen molar-refractivity contribution >= 4 is 5.97 Å². The molecule has 25 heavy (non-hydrogen) atoms. The first kappa shape index (κ1) is 18.4. The minimum absolute atomic E-state index is 0.0223. The van der Waals surface area contributed by atoms with Crippen molar-refractivity contribution in [2.45, 2.75) is 63.6 Å². The Balaban J connectivity index is 2.16. The van der Waals surface area contributed by atoms with E-state index < -0.39 is 29.0 Å². The van der Waals surface area contributed by atoms with Gasteiger partial charge in [0.25, 0.3) is 0 Å². The van der Waals surface area contributed by atoms with Crippen molar-refractivity contribution in [2.24, 2.45) is 11.3 Å². The molecule has 6 atom stereocenters. The highest BCUT2D eigenvalue weighted by atomic mass is 16.4. The number of carbonyl (C=O) groups is 1. The van der Waals surface area contributed by atoms with Gasteiger partial charge in [-0.05, 0) is 48.8 Å². The van der Waals surface area contributed by atoms with Gasteiger partial charge in [0.15, 0.2) is 0 Å². The summed E-state index contributed by atoms with van der Waals surface area (Å²) in [6, 6.07) is 5.73. The van der Waals surface area contributed by atoms with E-state index in [0.717, 1.165) is 16.7 Å². The number of aliphatic hydroxyl groups excluding tert-OH is 3. The lowest BCUT2D eigenvalue weighted by Crippen LogP contribution is -2.59. The molecule has 0 amide bonds. The first-order valence-electron chi connectivity index (χ1n) is 9.01. The lowest BCUT2D eigenvalue weighted by molar-refractivity contribution is -0.165. The van der Waals surface area contributed by atoms with Gasteiger partial charge in [-0.1, -0.05) is 32.0 Å². The molecule has 5 heteroatoms. The molecule has 0 aliphatic heterocycles. The van der Waals surface area contributed by atoms with Crippen molar-refractivity contribution in [2.75, 3.05) is 6.61 Å². The molecule has 0 saturated heterocycles. The molecular formula is C20H28O5. The maximum Gasteiger partial charge on any atom is 0.309 e. The number of hydrogen-bond donors (Lipinski definition) is 4. The van der Waals surface area contributed by atoms with E-state index in [0.29, 0.717) is 19.3 Å². The second kappa shape index (κ2) is 6.08. The predicted molar refractivity (Wildman–Crippen MR) is 93.3 cm³/mol. The van der Waals surface area contributed by atoms with E-state index in [2.05, 4.69) is 0 Å². The summed E-state index contributed by atoms with van der Waals surface area (Å²) in [6.45, 7) is 5.61. The molecule has 1 saturated carbocycles. The monoisotopic (exact) mass is 348 g/mol. The van der Waals surface area contributed by atoms with E-state index in [1.165, 1.54) is 0 Å². The maximum absolute atomic E-state index is 12.0. The summed E-state index contributed by atoms with van der Waals surface area (Å²) in [6.07, 6.45) is -0.244. The summed E-state index contributed by atoms with van der Waals surface area (Å²) in [5, 5.41) is 40.8. The molecule has 0 heterocycles. The van der Waals surface area contributed by atoms with Crippen LogP contribution in [0.1, 0.15) is 68.7 Å². The van der Waals surface area contributed by atoms with Crippen molar-refractivity contribution in [3.05, 3.63) is 34.9 Å². The Morgan fingerprint density at radius 1 is 1.32 bits per heavy atom. The number of hydrogen-bond acceptors (Lipinski definition) is 4. The zero-order valence-corrected chi connectivity index (χ0v) is 15.1. The van der Waals surface area contributed by atoms with Crippen molar-refractivity contribution in [3.8, 4) is 0 Å². The fourth-order valence-corrected chi connectivity index (χ4v) is 5.04. The molecule has 0 bridgehead atoms. The highest BCUT2D eigenvalue weighted by Crippen LogP contribution is 2.59. The summed E-state index contributed by atoms with van der Waals surface area (Å²) in [5.41, 5.74) is 0.855. The quantitative estimate of drug-likeness (QED) is 0.672. The largest absolute Gasteiger partial charge is 0.481 e. The van der Waals surface area contributed by atoms with Crippen molar-refractivity contribution < 1.29 is 25.2 Å². The molecule has 0 radical (unpaired) electrons. The third kappa shape index (κ3) is 2.52. The Bertz CT molecular complexity index is 687. The fraction of sp³-hybridized carbons (Fsp3) is 0.650. The maximum atomic E-state index is 12.0. The van der Waals surface area contributed by atoms with Crippen LogP contribution in [0.25, 0.3) is 0 Å². The number of rotatable bonds is 3. The van der Waals surface area contributed by atoms with Crippen LogP contribution in [0.4, 0.5) is 0 Å². The molecule has 2 aliphatic carbocycles. The first-order chi connectivity index (χ1) is 11.7. The highest BCUT2D eigenvalue weighted by Gasteiger charge is 2.60. The van der Waals surface area contributed by atoms with Gasteiger partial charge in [-0.15, -0.1) is 0 Å². The highest BCUT2D eigenvalue weighted by molar-refractivity contribution is 5.75. The van der Waals surface area contributed by atoms with Crippen LogP contribution in [0, 0.1) is 11.3 Å². The van der Waals surface area contributed by atoms with Gasteiger partial charge in [-0.2, -0.15) is 0 Å². The molecule has 4 N–H and O–H groups in total. The second-order valence-corrected chi connectivity index (χ2v) is 8.29. The summed E-state index contributed by atoms with van der Waals surface area (Å²) < 4.78 is 0. The van der Waals surface area contributed by atoms with Gasteiger partial charge >= 0.3 is 5.97 Å². The molecular weight excluding hydrogens is 320 g/mol. The summed E-state index contributed by atoms with van der Waals surface area (Å²) in [7, 11) is 0. The number of aliphatic carboxylic acids is 1. The number of carboxylic acid groups (broad SMARTS) is 1. The number of fused-ring (bicyclic) bond motifs is 3. The van der Waals surface area contributed by atoms with E-state index in [1.807, 2.05) is 32.0 Å². The number of benzene rings is 1. The van der Waals surface area contributed by atoms with Crippen molar-refractivity contribution in [3.63, 3.8) is 0 Å². The SMILES string of the molecule is CC(CO)c1ccc2c(c1)[C@H](O)C[C@@H]1[C@]2(C)[C@H](O)CC[C@@]1(C)C(=O)O. The van der Waals surface area contributed by atoms with E-state index in [-0.39, 0.29) is 18.4 Å². The van der Waals surface area contributed by atoms with Crippen LogP contribution >= 0.6 is 0 Å². The van der Waals surface area contributed by atoms with Crippen LogP contribution in [0.2, 0.25) is 0 Å². The third-order valence-electron chi connectivity index (χ3n) is 6.93. The van der Waals surface area contributed by atoms with Gasteiger partial charge < -0.3 is 20.4 Å². The second-order valence-electron chi connectivity index (χ2n) is 8.29. The Labute approximate surface area is 148 Å². The van der Waals surface area contributed by atoms with E-state index in [1.54, 1.807) is 6.92 Å². The average molecular weight is 348 g/mol. The van der Waals surface area contributed by atoms with Crippen LogP contribution in [-0.2, 0) is 10.2 Å².